The Labute approximate surface area is 286 Å². The number of aliphatic hydroxyl groups excluding tert-OH is 10. The van der Waals surface area contributed by atoms with Crippen LogP contribution in [-0.2, 0) is 38.0 Å². The van der Waals surface area contributed by atoms with Crippen molar-refractivity contribution in [3.8, 4) is 0 Å². The van der Waals surface area contributed by atoms with Gasteiger partial charge in [-0.1, -0.05) is 0 Å². The van der Waals surface area contributed by atoms with Gasteiger partial charge in [-0.25, -0.2) is 4.79 Å². The van der Waals surface area contributed by atoms with E-state index < -0.39 is 142 Å². The van der Waals surface area contributed by atoms with E-state index in [9.17, 15) is 60.7 Å². The summed E-state index contributed by atoms with van der Waals surface area (Å²) in [5, 5.41) is 112. The molecule has 0 bridgehead atoms. The Balaban J connectivity index is 1.33. The van der Waals surface area contributed by atoms with Gasteiger partial charge in [-0.2, -0.15) is 0 Å². The first-order valence-corrected chi connectivity index (χ1v) is 17.1. The Hall–Kier alpha value is -1.66. The summed E-state index contributed by atoms with van der Waals surface area (Å²) in [6, 6.07) is 0. The Morgan fingerprint density at radius 2 is 1.26 bits per heavy atom. The van der Waals surface area contributed by atoms with Gasteiger partial charge in [0.15, 0.2) is 18.7 Å². The highest BCUT2D eigenvalue weighted by Crippen LogP contribution is 2.45. The van der Waals surface area contributed by atoms with Gasteiger partial charge < -0.3 is 84.6 Å². The van der Waals surface area contributed by atoms with E-state index in [0.717, 1.165) is 0 Å². The molecule has 288 valence electrons. The van der Waals surface area contributed by atoms with E-state index >= 15 is 0 Å². The van der Waals surface area contributed by atoms with E-state index in [1.807, 2.05) is 0 Å². The lowest BCUT2D eigenvalue weighted by Gasteiger charge is -2.52. The predicted octanol–water partition coefficient (Wildman–Crippen LogP) is -4.78. The van der Waals surface area contributed by atoms with Crippen LogP contribution in [0.4, 0.5) is 0 Å². The van der Waals surface area contributed by atoms with Crippen molar-refractivity contribution in [2.24, 2.45) is 11.8 Å². The standard InChI is InChI=1S/C31H50O19/c32-9-19-22(37)24(39)26(41)30(49-19)47-17-6-13(34)5-16-14(17)7-18(28(46-16)11-1-3-12(33)4-2-11)48-31-27(42)25(40)23(38)20(50-31)10-45-21(36)8-15(35)29(43)44/h11-20,22-28,30-35,37-42H,1-10H2,(H,43,44)/t11?,12?,13?,14?,15-,16?,17?,18?,19-,20-,22-,23-,24+,25+,26-,27-,28?,30-,31-/m1/s1. The van der Waals surface area contributed by atoms with Crippen molar-refractivity contribution in [1.29, 1.82) is 0 Å². The molecule has 0 spiro atoms. The van der Waals surface area contributed by atoms with Crippen molar-refractivity contribution in [2.75, 3.05) is 13.2 Å². The maximum absolute atomic E-state index is 12.1. The number of carbonyl (C=O) groups is 2. The molecule has 5 fully saturated rings. The molecule has 2 aliphatic carbocycles. The van der Waals surface area contributed by atoms with Gasteiger partial charge in [0.1, 0.15) is 55.4 Å². The van der Waals surface area contributed by atoms with E-state index in [4.69, 9.17) is 33.5 Å². The molecule has 3 heterocycles. The third kappa shape index (κ3) is 8.92. The minimum atomic E-state index is -2.02. The molecule has 0 aromatic carbocycles. The number of carboxylic acids is 1. The van der Waals surface area contributed by atoms with Gasteiger partial charge in [-0.05, 0) is 44.4 Å². The molecule has 0 aromatic rings. The Kier molecular flexibility index (Phi) is 13.4. The molecule has 17 atom stereocenters. The maximum atomic E-state index is 12.1. The normalized spacial score (nSPS) is 47.6. The van der Waals surface area contributed by atoms with Gasteiger partial charge in [-0.15, -0.1) is 0 Å². The lowest BCUT2D eigenvalue weighted by molar-refractivity contribution is -0.344. The maximum Gasteiger partial charge on any atom is 0.333 e. The van der Waals surface area contributed by atoms with Crippen LogP contribution in [0.15, 0.2) is 0 Å². The van der Waals surface area contributed by atoms with Crippen molar-refractivity contribution in [3.63, 3.8) is 0 Å². The monoisotopic (exact) mass is 726 g/mol. The summed E-state index contributed by atoms with van der Waals surface area (Å²) in [7, 11) is 0. The molecular formula is C31H50O19. The highest BCUT2D eigenvalue weighted by molar-refractivity contribution is 5.80. The first kappa shape index (κ1) is 39.5. The van der Waals surface area contributed by atoms with Crippen molar-refractivity contribution in [3.05, 3.63) is 0 Å². The predicted molar refractivity (Wildman–Crippen MR) is 159 cm³/mol. The summed E-state index contributed by atoms with van der Waals surface area (Å²) in [5.74, 6) is -3.43. The zero-order valence-corrected chi connectivity index (χ0v) is 27.2. The molecule has 6 unspecified atom stereocenters. The zero-order valence-electron chi connectivity index (χ0n) is 27.2. The third-order valence-electron chi connectivity index (χ3n) is 10.6. The SMILES string of the molecule is O=C(C[C@@H](O)C(=O)O)OC[C@H]1O[C@@H](OC2CC3C(CC(O)CC3O[C@@H]3O[C@H](CO)[C@@H](O)[C@H](O)[C@H]3O)OC2C2CCC(O)CC2)[C@H](O)[C@@H](O)[C@@H]1O. The van der Waals surface area contributed by atoms with Gasteiger partial charge in [0.2, 0.25) is 0 Å². The largest absolute Gasteiger partial charge is 0.479 e. The first-order chi connectivity index (χ1) is 23.7. The number of fused-ring (bicyclic) bond motifs is 1. The summed E-state index contributed by atoms with van der Waals surface area (Å²) in [6.45, 7) is -1.35. The topological polar surface area (TPSA) is 312 Å². The van der Waals surface area contributed by atoms with Crippen LogP contribution in [0.25, 0.3) is 0 Å². The molecule has 5 rings (SSSR count). The number of rotatable bonds is 11. The number of aliphatic carboxylic acids is 1. The highest BCUT2D eigenvalue weighted by atomic mass is 16.7. The molecule has 19 heteroatoms. The van der Waals surface area contributed by atoms with Crippen molar-refractivity contribution < 1.29 is 94.2 Å². The quantitative estimate of drug-likeness (QED) is 0.0890. The van der Waals surface area contributed by atoms with E-state index in [0.29, 0.717) is 25.7 Å². The Morgan fingerprint density at radius 1 is 0.680 bits per heavy atom. The molecule has 0 radical (unpaired) electrons. The van der Waals surface area contributed by atoms with Crippen LogP contribution in [-0.4, -0.2) is 185 Å². The van der Waals surface area contributed by atoms with Crippen LogP contribution < -0.4 is 0 Å². The number of carboxylic acid groups (broad SMARTS) is 1. The van der Waals surface area contributed by atoms with E-state index in [1.54, 1.807) is 0 Å². The average Bonchev–Trinajstić information content (AvgIpc) is 3.08. The molecule has 2 saturated carbocycles. The van der Waals surface area contributed by atoms with Crippen LogP contribution >= 0.6 is 0 Å². The number of ether oxygens (including phenoxy) is 6. The van der Waals surface area contributed by atoms with E-state index in [1.165, 1.54) is 0 Å². The number of carbonyl (C=O) groups excluding carboxylic acids is 1. The summed E-state index contributed by atoms with van der Waals surface area (Å²) < 4.78 is 35.3. The van der Waals surface area contributed by atoms with Gasteiger partial charge in [0, 0.05) is 12.3 Å². The van der Waals surface area contributed by atoms with Crippen molar-refractivity contribution >= 4 is 11.9 Å². The van der Waals surface area contributed by atoms with Crippen molar-refractivity contribution in [2.45, 2.75) is 156 Å². The molecule has 0 aromatic heterocycles. The molecule has 19 nitrogen and oxygen atoms in total. The van der Waals surface area contributed by atoms with Crippen LogP contribution in [0.5, 0.6) is 0 Å². The molecule has 50 heavy (non-hydrogen) atoms. The average molecular weight is 727 g/mol. The van der Waals surface area contributed by atoms with Gasteiger partial charge in [0.25, 0.3) is 0 Å². The third-order valence-corrected chi connectivity index (χ3v) is 10.6. The van der Waals surface area contributed by atoms with Gasteiger partial charge in [-0.3, -0.25) is 4.79 Å². The summed E-state index contributed by atoms with van der Waals surface area (Å²) in [4.78, 5) is 22.9. The second-order valence-electron chi connectivity index (χ2n) is 14.0. The van der Waals surface area contributed by atoms with E-state index in [2.05, 4.69) is 0 Å². The molecule has 5 aliphatic rings. The van der Waals surface area contributed by atoms with E-state index in [-0.39, 0.29) is 25.2 Å². The fraction of sp³-hybridized carbons (Fsp3) is 0.935. The van der Waals surface area contributed by atoms with Crippen LogP contribution in [0, 0.1) is 11.8 Å². The molecular weight excluding hydrogens is 676 g/mol. The second kappa shape index (κ2) is 17.0. The lowest BCUT2D eigenvalue weighted by atomic mass is 9.73. The van der Waals surface area contributed by atoms with Crippen molar-refractivity contribution in [1.82, 2.24) is 0 Å². The zero-order chi connectivity index (χ0) is 36.4. The molecule has 0 amide bonds. The minimum absolute atomic E-state index is 0.0596. The summed E-state index contributed by atoms with van der Waals surface area (Å²) >= 11 is 0. The van der Waals surface area contributed by atoms with Gasteiger partial charge in [0.05, 0.1) is 49.7 Å². The molecule has 3 saturated heterocycles. The smallest absolute Gasteiger partial charge is 0.333 e. The fourth-order valence-corrected chi connectivity index (χ4v) is 7.68. The first-order valence-electron chi connectivity index (χ1n) is 17.1. The summed E-state index contributed by atoms with van der Waals surface area (Å²) in [6.07, 6.45) is -20.8. The molecule has 11 N–H and O–H groups in total. The number of esters is 1. The summed E-state index contributed by atoms with van der Waals surface area (Å²) in [5.41, 5.74) is 0. The number of aliphatic hydroxyl groups is 10. The van der Waals surface area contributed by atoms with Crippen LogP contribution in [0.3, 0.4) is 0 Å². The lowest BCUT2D eigenvalue weighted by Crippen LogP contribution is -2.63. The molecule has 3 aliphatic heterocycles. The fourth-order valence-electron chi connectivity index (χ4n) is 7.68. The van der Waals surface area contributed by atoms with Gasteiger partial charge >= 0.3 is 11.9 Å². The van der Waals surface area contributed by atoms with Crippen LogP contribution in [0.2, 0.25) is 0 Å². The number of hydrogen-bond donors (Lipinski definition) is 11. The minimum Gasteiger partial charge on any atom is -0.479 e. The number of hydrogen-bond acceptors (Lipinski definition) is 18. The highest BCUT2D eigenvalue weighted by Gasteiger charge is 2.53. The second-order valence-corrected chi connectivity index (χ2v) is 14.0. The Bertz CT molecular complexity index is 1120. The van der Waals surface area contributed by atoms with Crippen LogP contribution in [0.1, 0.15) is 51.4 Å². The Morgan fingerprint density at radius 3 is 1.86 bits per heavy atom.